The summed E-state index contributed by atoms with van der Waals surface area (Å²) in [6.07, 6.45) is 6.56. The van der Waals surface area contributed by atoms with Crippen molar-refractivity contribution in [2.45, 2.75) is 55.7 Å². The first kappa shape index (κ1) is 16.6. The highest BCUT2D eigenvalue weighted by Gasteiger charge is 2.51. The molecule has 4 fully saturated rings. The first-order valence-electron chi connectivity index (χ1n) is 8.22. The van der Waals surface area contributed by atoms with Gasteiger partial charge >= 0.3 is 11.9 Å². The maximum Gasteiger partial charge on any atom is 0.317 e. The molecule has 3 N–H and O–H groups in total. The molecule has 0 radical (unpaired) electrons. The van der Waals surface area contributed by atoms with E-state index in [-0.39, 0.29) is 17.2 Å². The number of nitrogens with one attached hydrogen (secondary N) is 1. The third-order valence-corrected chi connectivity index (χ3v) is 6.69. The van der Waals surface area contributed by atoms with E-state index in [0.29, 0.717) is 0 Å². The van der Waals surface area contributed by atoms with Gasteiger partial charge in [0, 0.05) is 5.54 Å². The molecule has 1 atom stereocenters. The predicted octanol–water partition coefficient (Wildman–Crippen LogP) is 1.73. The third-order valence-electron chi connectivity index (χ3n) is 5.49. The fraction of sp³-hybridized carbons (Fsp3) is 0.812. The molecule has 4 bridgehead atoms. The van der Waals surface area contributed by atoms with E-state index < -0.39 is 23.6 Å². The first-order valence-corrected chi connectivity index (χ1v) is 9.27. The van der Waals surface area contributed by atoms with Crippen molar-refractivity contribution in [2.75, 3.05) is 5.75 Å². The Morgan fingerprint density at radius 1 is 1.04 bits per heavy atom. The van der Waals surface area contributed by atoms with Gasteiger partial charge in [0.1, 0.15) is 5.25 Å². The molecule has 0 aromatic heterocycles. The van der Waals surface area contributed by atoms with Gasteiger partial charge in [-0.05, 0) is 56.3 Å². The molecule has 7 heteroatoms. The molecule has 4 rings (SSSR count). The van der Waals surface area contributed by atoms with Gasteiger partial charge in [0.2, 0.25) is 5.91 Å². The minimum atomic E-state index is -1.18. The Balaban J connectivity index is 1.53. The number of carboxylic acids is 2. The third kappa shape index (κ3) is 3.82. The molecule has 0 heterocycles. The van der Waals surface area contributed by atoms with Crippen LogP contribution >= 0.6 is 11.8 Å². The van der Waals surface area contributed by atoms with Crippen LogP contribution in [0.3, 0.4) is 0 Å². The Kier molecular flexibility index (Phi) is 4.58. The van der Waals surface area contributed by atoms with Gasteiger partial charge in [-0.2, -0.15) is 0 Å². The van der Waals surface area contributed by atoms with E-state index in [2.05, 4.69) is 5.32 Å². The summed E-state index contributed by atoms with van der Waals surface area (Å²) < 4.78 is 0. The summed E-state index contributed by atoms with van der Waals surface area (Å²) >= 11 is 0.902. The summed E-state index contributed by atoms with van der Waals surface area (Å²) in [6.45, 7) is 0. The smallest absolute Gasteiger partial charge is 0.317 e. The number of hydrogen-bond donors (Lipinski definition) is 3. The monoisotopic (exact) mass is 341 g/mol. The van der Waals surface area contributed by atoms with E-state index in [9.17, 15) is 14.4 Å². The average Bonchev–Trinajstić information content (AvgIpc) is 2.40. The van der Waals surface area contributed by atoms with Crippen molar-refractivity contribution in [2.24, 2.45) is 17.8 Å². The molecule has 0 aromatic carbocycles. The van der Waals surface area contributed by atoms with E-state index >= 15 is 0 Å². The van der Waals surface area contributed by atoms with Crippen molar-refractivity contribution >= 4 is 29.6 Å². The van der Waals surface area contributed by atoms with Crippen LogP contribution in [-0.4, -0.2) is 44.6 Å². The van der Waals surface area contributed by atoms with Gasteiger partial charge in [-0.3, -0.25) is 14.4 Å². The lowest BCUT2D eigenvalue weighted by molar-refractivity contribution is -0.142. The van der Waals surface area contributed by atoms with Crippen molar-refractivity contribution < 1.29 is 24.6 Å². The summed E-state index contributed by atoms with van der Waals surface area (Å²) in [5, 5.41) is 19.9. The molecule has 1 unspecified atom stereocenters. The Morgan fingerprint density at radius 2 is 1.57 bits per heavy atom. The van der Waals surface area contributed by atoms with Crippen LogP contribution in [-0.2, 0) is 14.4 Å². The molecule has 0 aliphatic heterocycles. The lowest BCUT2D eigenvalue weighted by Gasteiger charge is -2.56. The maximum absolute atomic E-state index is 12.3. The van der Waals surface area contributed by atoms with Crippen molar-refractivity contribution in [1.29, 1.82) is 0 Å². The van der Waals surface area contributed by atoms with E-state index in [1.807, 2.05) is 0 Å². The normalized spacial score (nSPS) is 35.7. The van der Waals surface area contributed by atoms with Crippen LogP contribution in [0.15, 0.2) is 0 Å². The lowest BCUT2D eigenvalue weighted by Crippen LogP contribution is -2.60. The fourth-order valence-electron chi connectivity index (χ4n) is 5.15. The Hall–Kier alpha value is -1.24. The molecule has 0 aromatic rings. The zero-order chi connectivity index (χ0) is 16.6. The summed E-state index contributed by atoms with van der Waals surface area (Å²) in [5.74, 6) is -0.305. The number of hydrogen-bond acceptors (Lipinski definition) is 4. The zero-order valence-electron chi connectivity index (χ0n) is 13.0. The molecule has 1 amide bonds. The van der Waals surface area contributed by atoms with Gasteiger partial charge in [0.25, 0.3) is 0 Å². The maximum atomic E-state index is 12.3. The molecule has 23 heavy (non-hydrogen) atoms. The highest BCUT2D eigenvalue weighted by molar-refractivity contribution is 8.01. The van der Waals surface area contributed by atoms with E-state index in [4.69, 9.17) is 10.2 Å². The fourth-order valence-corrected chi connectivity index (χ4v) is 5.98. The Bertz CT molecular complexity index is 485. The molecule has 4 aliphatic carbocycles. The Labute approximate surface area is 139 Å². The molecule has 0 saturated heterocycles. The van der Waals surface area contributed by atoms with Crippen LogP contribution in [0.2, 0.25) is 0 Å². The van der Waals surface area contributed by atoms with Gasteiger partial charge in [0.05, 0.1) is 12.2 Å². The molecule has 6 nitrogen and oxygen atoms in total. The Morgan fingerprint density at radius 3 is 2.00 bits per heavy atom. The lowest BCUT2D eigenvalue weighted by atomic mass is 9.53. The van der Waals surface area contributed by atoms with Crippen molar-refractivity contribution in [3.05, 3.63) is 0 Å². The number of carboxylic acid groups (broad SMARTS) is 2. The molecule has 4 saturated carbocycles. The van der Waals surface area contributed by atoms with Gasteiger partial charge in [-0.1, -0.05) is 0 Å². The van der Waals surface area contributed by atoms with Crippen LogP contribution < -0.4 is 5.32 Å². The summed E-state index contributed by atoms with van der Waals surface area (Å²) in [4.78, 5) is 34.0. The summed E-state index contributed by atoms with van der Waals surface area (Å²) in [5.41, 5.74) is -0.0854. The zero-order valence-corrected chi connectivity index (χ0v) is 13.8. The van der Waals surface area contributed by atoms with Crippen molar-refractivity contribution in [3.63, 3.8) is 0 Å². The largest absolute Gasteiger partial charge is 0.481 e. The average molecular weight is 341 g/mol. The van der Waals surface area contributed by atoms with E-state index in [1.54, 1.807) is 0 Å². The van der Waals surface area contributed by atoms with Crippen molar-refractivity contribution in [1.82, 2.24) is 5.32 Å². The number of aliphatic carboxylic acids is 2. The quantitative estimate of drug-likeness (QED) is 0.651. The minimum Gasteiger partial charge on any atom is -0.481 e. The second-order valence-electron chi connectivity index (χ2n) is 7.48. The SMILES string of the molecule is O=C(O)CC(SCC(=O)NC12CC3CC(CC(C3)C1)C2)C(=O)O. The van der Waals surface area contributed by atoms with Gasteiger partial charge in [0.15, 0.2) is 0 Å². The number of amides is 1. The second-order valence-corrected chi connectivity index (χ2v) is 8.67. The van der Waals surface area contributed by atoms with E-state index in [1.165, 1.54) is 19.3 Å². The topological polar surface area (TPSA) is 104 Å². The first-order chi connectivity index (χ1) is 10.8. The van der Waals surface area contributed by atoms with Crippen LogP contribution in [0.4, 0.5) is 0 Å². The van der Waals surface area contributed by atoms with E-state index in [0.717, 1.165) is 48.8 Å². The minimum absolute atomic E-state index is 0.00595. The molecule has 4 aliphatic rings. The number of rotatable bonds is 7. The number of carbonyl (C=O) groups excluding carboxylic acids is 1. The molecule has 128 valence electrons. The van der Waals surface area contributed by atoms with Crippen molar-refractivity contribution in [3.8, 4) is 0 Å². The van der Waals surface area contributed by atoms with Gasteiger partial charge < -0.3 is 15.5 Å². The highest BCUT2D eigenvalue weighted by atomic mass is 32.2. The van der Waals surface area contributed by atoms with Crippen LogP contribution in [0.1, 0.15) is 44.9 Å². The number of thioether (sulfide) groups is 1. The van der Waals surface area contributed by atoms with Gasteiger partial charge in [-0.15, -0.1) is 11.8 Å². The number of carbonyl (C=O) groups is 3. The van der Waals surface area contributed by atoms with Crippen LogP contribution in [0, 0.1) is 17.8 Å². The second kappa shape index (κ2) is 6.34. The molecular formula is C16H23NO5S. The highest BCUT2D eigenvalue weighted by Crippen LogP contribution is 2.55. The summed E-state index contributed by atoms with van der Waals surface area (Å²) in [7, 11) is 0. The molecule has 0 spiro atoms. The van der Waals surface area contributed by atoms with Gasteiger partial charge in [-0.25, -0.2) is 0 Å². The standard InChI is InChI=1S/C16H23NO5S/c18-13(8-23-12(15(21)22)4-14(19)20)17-16-5-9-1-10(6-16)3-11(2-9)7-16/h9-12H,1-8H2,(H,17,18)(H,19,20)(H,21,22). The predicted molar refractivity (Wildman–Crippen MR) is 85.2 cm³/mol. The molecular weight excluding hydrogens is 318 g/mol. The summed E-state index contributed by atoms with van der Waals surface area (Å²) in [6, 6.07) is 0. The van der Waals surface area contributed by atoms with Crippen LogP contribution in [0.25, 0.3) is 0 Å². The van der Waals surface area contributed by atoms with Crippen LogP contribution in [0.5, 0.6) is 0 Å².